The Morgan fingerprint density at radius 2 is 1.74 bits per heavy atom. The summed E-state index contributed by atoms with van der Waals surface area (Å²) in [7, 11) is 0. The van der Waals surface area contributed by atoms with Crippen LogP contribution in [0.25, 0.3) is 0 Å². The van der Waals surface area contributed by atoms with Crippen LogP contribution in [-0.2, 0) is 16.1 Å². The molecule has 0 heterocycles. The molecule has 0 bridgehead atoms. The fourth-order valence-electron chi connectivity index (χ4n) is 2.18. The van der Waals surface area contributed by atoms with Crippen LogP contribution >= 0.6 is 0 Å². The minimum Gasteiger partial charge on any atom is -0.465 e. The van der Waals surface area contributed by atoms with Crippen molar-refractivity contribution < 1.29 is 9.53 Å². The van der Waals surface area contributed by atoms with Crippen molar-refractivity contribution in [3.63, 3.8) is 0 Å². The van der Waals surface area contributed by atoms with E-state index >= 15 is 0 Å². The molecule has 1 aromatic carbocycles. The number of carbonyl (C=O) groups excluding carboxylic acids is 1. The molecule has 0 saturated carbocycles. The van der Waals surface area contributed by atoms with E-state index in [1.54, 1.807) is 0 Å². The number of benzene rings is 1. The first kappa shape index (κ1) is 15.7. The zero-order chi connectivity index (χ0) is 14.6. The summed E-state index contributed by atoms with van der Waals surface area (Å²) in [6.07, 6.45) is 0. The highest BCUT2D eigenvalue weighted by atomic mass is 16.5. The minimum absolute atomic E-state index is 0.211. The van der Waals surface area contributed by atoms with Crippen LogP contribution in [-0.4, -0.2) is 18.1 Å². The maximum absolute atomic E-state index is 11.8. The summed E-state index contributed by atoms with van der Waals surface area (Å²) in [4.78, 5) is 11.8. The van der Waals surface area contributed by atoms with Crippen molar-refractivity contribution in [2.24, 2.45) is 0 Å². The lowest BCUT2D eigenvalue weighted by Crippen LogP contribution is -2.47. The van der Waals surface area contributed by atoms with Crippen LogP contribution in [0.1, 0.15) is 43.0 Å². The Hall–Kier alpha value is -1.35. The van der Waals surface area contributed by atoms with Gasteiger partial charge in [-0.25, -0.2) is 0 Å². The molecule has 0 amide bonds. The van der Waals surface area contributed by atoms with Gasteiger partial charge in [-0.15, -0.1) is 0 Å². The summed E-state index contributed by atoms with van der Waals surface area (Å²) in [5, 5.41) is 3.29. The van der Waals surface area contributed by atoms with E-state index in [9.17, 15) is 4.79 Å². The second kappa shape index (κ2) is 6.20. The summed E-state index contributed by atoms with van der Waals surface area (Å²) < 4.78 is 5.07. The Kier molecular flexibility index (Phi) is 5.12. The SMILES string of the molecule is CCOC(=O)C(C)(C)NCc1c(C)cc(C)cc1C. The number of rotatable bonds is 5. The van der Waals surface area contributed by atoms with E-state index in [2.05, 4.69) is 38.2 Å². The largest absolute Gasteiger partial charge is 0.465 e. The number of nitrogens with one attached hydrogen (secondary N) is 1. The lowest BCUT2D eigenvalue weighted by Gasteiger charge is -2.25. The van der Waals surface area contributed by atoms with Crippen molar-refractivity contribution in [1.29, 1.82) is 0 Å². The smallest absolute Gasteiger partial charge is 0.325 e. The topological polar surface area (TPSA) is 38.3 Å². The molecule has 0 atom stereocenters. The van der Waals surface area contributed by atoms with Gasteiger partial charge in [0.25, 0.3) is 0 Å². The second-order valence-corrected chi connectivity index (χ2v) is 5.58. The Morgan fingerprint density at radius 1 is 1.21 bits per heavy atom. The van der Waals surface area contributed by atoms with Gasteiger partial charge in [-0.2, -0.15) is 0 Å². The lowest BCUT2D eigenvalue weighted by atomic mass is 9.98. The van der Waals surface area contributed by atoms with Crippen molar-refractivity contribution >= 4 is 5.97 Å². The van der Waals surface area contributed by atoms with E-state index in [0.29, 0.717) is 13.2 Å². The van der Waals surface area contributed by atoms with Gasteiger partial charge in [0.1, 0.15) is 5.54 Å². The predicted molar refractivity (Wildman–Crippen MR) is 78.2 cm³/mol. The highest BCUT2D eigenvalue weighted by Gasteiger charge is 2.28. The third-order valence-corrected chi connectivity index (χ3v) is 3.33. The van der Waals surface area contributed by atoms with Gasteiger partial charge in [0.05, 0.1) is 6.61 Å². The maximum Gasteiger partial charge on any atom is 0.325 e. The van der Waals surface area contributed by atoms with Crippen molar-refractivity contribution in [2.45, 2.75) is 53.6 Å². The summed E-state index contributed by atoms with van der Waals surface area (Å²) in [6, 6.07) is 4.34. The van der Waals surface area contributed by atoms with Crippen LogP contribution in [0.4, 0.5) is 0 Å². The Balaban J connectivity index is 2.79. The van der Waals surface area contributed by atoms with Crippen LogP contribution < -0.4 is 5.32 Å². The average molecular weight is 263 g/mol. The molecular weight excluding hydrogens is 238 g/mol. The Morgan fingerprint density at radius 3 is 2.21 bits per heavy atom. The molecule has 19 heavy (non-hydrogen) atoms. The van der Waals surface area contributed by atoms with E-state index in [4.69, 9.17) is 4.74 Å². The van der Waals surface area contributed by atoms with Gasteiger partial charge in [0, 0.05) is 6.54 Å². The molecule has 0 fully saturated rings. The number of aryl methyl sites for hydroxylation is 3. The minimum atomic E-state index is -0.667. The number of carbonyl (C=O) groups is 1. The lowest BCUT2D eigenvalue weighted by molar-refractivity contribution is -0.149. The highest BCUT2D eigenvalue weighted by molar-refractivity contribution is 5.79. The van der Waals surface area contributed by atoms with Gasteiger partial charge in [0.2, 0.25) is 0 Å². The Bertz CT molecular complexity index is 441. The molecule has 1 rings (SSSR count). The van der Waals surface area contributed by atoms with E-state index in [1.165, 1.54) is 22.3 Å². The van der Waals surface area contributed by atoms with Crippen molar-refractivity contribution in [2.75, 3.05) is 6.61 Å². The number of ether oxygens (including phenoxy) is 1. The molecule has 0 aliphatic heterocycles. The molecule has 3 heteroatoms. The molecule has 106 valence electrons. The molecule has 0 spiro atoms. The van der Waals surface area contributed by atoms with Crippen LogP contribution in [0.3, 0.4) is 0 Å². The monoisotopic (exact) mass is 263 g/mol. The molecule has 0 aliphatic carbocycles. The molecule has 0 aliphatic rings. The molecule has 3 nitrogen and oxygen atoms in total. The predicted octanol–water partition coefficient (Wildman–Crippen LogP) is 3.04. The molecule has 0 aromatic heterocycles. The maximum atomic E-state index is 11.8. The Labute approximate surface area is 116 Å². The molecular formula is C16H25NO2. The van der Waals surface area contributed by atoms with Gasteiger partial charge in [-0.05, 0) is 58.2 Å². The number of hydrogen-bond acceptors (Lipinski definition) is 3. The van der Waals surface area contributed by atoms with Crippen molar-refractivity contribution in [3.05, 3.63) is 34.4 Å². The second-order valence-electron chi connectivity index (χ2n) is 5.58. The van der Waals surface area contributed by atoms with E-state index in [1.807, 2.05) is 20.8 Å². The zero-order valence-corrected chi connectivity index (χ0v) is 12.9. The summed E-state index contributed by atoms with van der Waals surface area (Å²) in [5.74, 6) is -0.211. The standard InChI is InChI=1S/C16H25NO2/c1-7-19-15(18)16(5,6)17-10-14-12(3)8-11(2)9-13(14)4/h8-9,17H,7,10H2,1-6H3. The summed E-state index contributed by atoms with van der Waals surface area (Å²) in [6.45, 7) is 12.9. The molecule has 0 saturated heterocycles. The highest BCUT2D eigenvalue weighted by Crippen LogP contribution is 2.17. The number of esters is 1. The van der Waals surface area contributed by atoms with Crippen LogP contribution in [0.15, 0.2) is 12.1 Å². The van der Waals surface area contributed by atoms with E-state index < -0.39 is 5.54 Å². The van der Waals surface area contributed by atoms with Gasteiger partial charge >= 0.3 is 5.97 Å². The van der Waals surface area contributed by atoms with Gasteiger partial charge in [-0.1, -0.05) is 17.7 Å². The first-order valence-electron chi connectivity index (χ1n) is 6.77. The third kappa shape index (κ3) is 4.06. The first-order chi connectivity index (χ1) is 8.77. The van der Waals surface area contributed by atoms with Crippen LogP contribution in [0.2, 0.25) is 0 Å². The van der Waals surface area contributed by atoms with Crippen LogP contribution in [0, 0.1) is 20.8 Å². The third-order valence-electron chi connectivity index (χ3n) is 3.33. The quantitative estimate of drug-likeness (QED) is 0.830. The van der Waals surface area contributed by atoms with Gasteiger partial charge in [0.15, 0.2) is 0 Å². The van der Waals surface area contributed by atoms with Gasteiger partial charge < -0.3 is 4.74 Å². The van der Waals surface area contributed by atoms with Crippen LogP contribution in [0.5, 0.6) is 0 Å². The fourth-order valence-corrected chi connectivity index (χ4v) is 2.18. The summed E-state index contributed by atoms with van der Waals surface area (Å²) in [5.41, 5.74) is 4.36. The van der Waals surface area contributed by atoms with Crippen molar-refractivity contribution in [1.82, 2.24) is 5.32 Å². The normalized spacial score (nSPS) is 11.5. The van der Waals surface area contributed by atoms with Crippen molar-refractivity contribution in [3.8, 4) is 0 Å². The van der Waals surface area contributed by atoms with E-state index in [-0.39, 0.29) is 5.97 Å². The molecule has 1 aromatic rings. The molecule has 1 N–H and O–H groups in total. The molecule has 0 radical (unpaired) electrons. The zero-order valence-electron chi connectivity index (χ0n) is 12.9. The fraction of sp³-hybridized carbons (Fsp3) is 0.562. The number of hydrogen-bond donors (Lipinski definition) is 1. The first-order valence-corrected chi connectivity index (χ1v) is 6.77. The average Bonchev–Trinajstić information content (AvgIpc) is 2.27. The summed E-state index contributed by atoms with van der Waals surface area (Å²) >= 11 is 0. The molecule has 0 unspecified atom stereocenters. The van der Waals surface area contributed by atoms with E-state index in [0.717, 1.165) is 0 Å². The van der Waals surface area contributed by atoms with Gasteiger partial charge in [-0.3, -0.25) is 10.1 Å².